The van der Waals surface area contributed by atoms with Gasteiger partial charge in [0.05, 0.1) is 12.6 Å². The summed E-state index contributed by atoms with van der Waals surface area (Å²) in [5.74, 6) is 0.208. The second-order valence-electron chi connectivity index (χ2n) is 12.5. The molecule has 0 radical (unpaired) electrons. The summed E-state index contributed by atoms with van der Waals surface area (Å²) in [7, 11) is 0. The van der Waals surface area contributed by atoms with E-state index in [1.54, 1.807) is 0 Å². The summed E-state index contributed by atoms with van der Waals surface area (Å²) >= 11 is 0. The average Bonchev–Trinajstić information content (AvgIpc) is 3.50. The number of aromatic nitrogens is 2. The summed E-state index contributed by atoms with van der Waals surface area (Å²) in [5, 5.41) is 17.3. The molecule has 0 bridgehead atoms. The van der Waals surface area contributed by atoms with Crippen molar-refractivity contribution in [2.75, 3.05) is 19.8 Å². The van der Waals surface area contributed by atoms with Gasteiger partial charge >= 0.3 is 18.9 Å². The van der Waals surface area contributed by atoms with Crippen LogP contribution < -0.4 is 33.9 Å². The van der Waals surface area contributed by atoms with Crippen LogP contribution in [0.5, 0.6) is 5.75 Å². The predicted molar refractivity (Wildman–Crippen MR) is 147 cm³/mol. The Kier molecular flexibility index (Phi) is 14.0. The largest absolute Gasteiger partial charge is 1.00 e. The molecule has 5 nitrogen and oxygen atoms in total. The van der Waals surface area contributed by atoms with Crippen LogP contribution in [0.4, 0.5) is 0 Å². The van der Waals surface area contributed by atoms with Crippen molar-refractivity contribution in [3.05, 3.63) is 47.5 Å². The standard InChI is InChI=1S/C27H45N3O.C4H8O.Li/c1-10-11-12-24(28-13-14-29-15-16-30(19-29)20(2)3)22-17-21(26(4,5)6)18-23(25(22)31)27(7,8)9;1-2-4-5-3-1;/h15-18,20,24,28,31H,10-14H2,1-9H3;1-4H2;/q;;+1/p-1/t24-;;/m0../s1. The van der Waals surface area contributed by atoms with Crippen LogP contribution in [0.2, 0.25) is 0 Å². The molecular weight excluding hydrogens is 453 g/mol. The smallest absolute Gasteiger partial charge is 0.872 e. The van der Waals surface area contributed by atoms with Crippen LogP contribution in [0.15, 0.2) is 24.5 Å². The number of hydrogen-bond acceptors (Lipinski definition) is 3. The normalized spacial score (nSPS) is 14.8. The van der Waals surface area contributed by atoms with Gasteiger partial charge in [-0.25, -0.2) is 0 Å². The molecule has 6 heteroatoms. The van der Waals surface area contributed by atoms with E-state index < -0.39 is 0 Å². The minimum atomic E-state index is -0.174. The number of rotatable bonds is 9. The Hall–Kier alpha value is -1.25. The average molecular weight is 506 g/mol. The van der Waals surface area contributed by atoms with Crippen LogP contribution in [0, 0.1) is 6.33 Å². The Balaban J connectivity index is 0.00000102. The Morgan fingerprint density at radius 1 is 1.08 bits per heavy atom. The number of ether oxygens (including phenoxy) is 1. The predicted octanol–water partition coefficient (Wildman–Crippen LogP) is 3.15. The van der Waals surface area contributed by atoms with Gasteiger partial charge in [0, 0.05) is 25.8 Å². The summed E-state index contributed by atoms with van der Waals surface area (Å²) < 4.78 is 9.13. The van der Waals surface area contributed by atoms with Crippen molar-refractivity contribution in [1.29, 1.82) is 0 Å². The Bertz CT molecular complexity index is 914. The molecule has 0 unspecified atom stereocenters. The molecule has 37 heavy (non-hydrogen) atoms. The van der Waals surface area contributed by atoms with E-state index in [2.05, 4.69) is 108 Å². The van der Waals surface area contributed by atoms with Crippen LogP contribution in [0.25, 0.3) is 0 Å². The number of nitrogens with one attached hydrogen (secondary N) is 1. The van der Waals surface area contributed by atoms with E-state index in [1.165, 1.54) is 18.4 Å². The monoisotopic (exact) mass is 505 g/mol. The third-order valence-electron chi connectivity index (χ3n) is 6.79. The molecule has 1 aliphatic rings. The first-order chi connectivity index (χ1) is 16.8. The van der Waals surface area contributed by atoms with Gasteiger partial charge in [0.15, 0.2) is 0 Å². The van der Waals surface area contributed by atoms with Crippen LogP contribution in [0.3, 0.4) is 0 Å². The number of imidazole rings is 1. The summed E-state index contributed by atoms with van der Waals surface area (Å²) in [6.45, 7) is 23.3. The molecule has 1 N–H and O–H groups in total. The molecule has 1 fully saturated rings. The number of hydrogen-bond donors (Lipinski definition) is 1. The van der Waals surface area contributed by atoms with Crippen molar-refractivity contribution in [3.63, 3.8) is 0 Å². The van der Waals surface area contributed by atoms with Gasteiger partial charge < -0.3 is 24.3 Å². The summed E-state index contributed by atoms with van der Waals surface area (Å²) in [5.41, 5.74) is 2.93. The molecule has 1 atom stereocenters. The second-order valence-corrected chi connectivity index (χ2v) is 12.5. The quantitative estimate of drug-likeness (QED) is 0.324. The van der Waals surface area contributed by atoms with Crippen LogP contribution in [-0.2, 0) is 22.1 Å². The van der Waals surface area contributed by atoms with Crippen molar-refractivity contribution < 1.29 is 33.3 Å². The van der Waals surface area contributed by atoms with Gasteiger partial charge in [0.25, 0.3) is 0 Å². The molecule has 1 aliphatic heterocycles. The van der Waals surface area contributed by atoms with Gasteiger partial charge in [0.2, 0.25) is 6.33 Å². The molecule has 0 spiro atoms. The van der Waals surface area contributed by atoms with Crippen molar-refractivity contribution in [2.24, 2.45) is 0 Å². The summed E-state index contributed by atoms with van der Waals surface area (Å²) in [6, 6.07) is 4.79. The molecular formula is C31H52LiN3O2. The zero-order valence-corrected chi connectivity index (χ0v) is 25.5. The topological polar surface area (TPSA) is 53.1 Å². The van der Waals surface area contributed by atoms with Gasteiger partial charge in [-0.3, -0.25) is 0 Å². The number of unbranched alkanes of at least 4 members (excludes halogenated alkanes) is 1. The second kappa shape index (κ2) is 15.4. The van der Waals surface area contributed by atoms with E-state index >= 15 is 0 Å². The molecule has 0 aliphatic carbocycles. The molecule has 1 aromatic carbocycles. The van der Waals surface area contributed by atoms with E-state index in [9.17, 15) is 5.11 Å². The van der Waals surface area contributed by atoms with Gasteiger partial charge in [-0.15, -0.1) is 5.75 Å². The van der Waals surface area contributed by atoms with Gasteiger partial charge in [-0.1, -0.05) is 73.4 Å². The third-order valence-corrected chi connectivity index (χ3v) is 6.79. The van der Waals surface area contributed by atoms with Crippen LogP contribution in [0.1, 0.15) is 123 Å². The zero-order chi connectivity index (χ0) is 26.9. The SMILES string of the molecule is C1CCOC1.CCCC[C@H](NCC[n+]1[c-]n(C(C)C)cc1)c1cc(C(C)(C)C)cc(C(C)(C)C)c1[O-].[Li+]. The maximum Gasteiger partial charge on any atom is 1.00 e. The van der Waals surface area contributed by atoms with Crippen molar-refractivity contribution in [1.82, 2.24) is 9.88 Å². The third kappa shape index (κ3) is 10.8. The van der Waals surface area contributed by atoms with Crippen LogP contribution >= 0.6 is 0 Å². The van der Waals surface area contributed by atoms with E-state index in [-0.39, 0.29) is 41.5 Å². The van der Waals surface area contributed by atoms with E-state index in [1.807, 2.05) is 0 Å². The fourth-order valence-corrected chi connectivity index (χ4v) is 4.32. The first-order valence-corrected chi connectivity index (χ1v) is 14.0. The molecule has 1 aromatic heterocycles. The molecule has 3 rings (SSSR count). The number of nitrogens with zero attached hydrogens (tertiary/aromatic N) is 2. The van der Waals surface area contributed by atoms with Gasteiger partial charge in [-0.05, 0) is 73.0 Å². The molecule has 1 saturated heterocycles. The molecule has 0 saturated carbocycles. The van der Waals surface area contributed by atoms with Crippen molar-refractivity contribution >= 4 is 0 Å². The van der Waals surface area contributed by atoms with Crippen LogP contribution in [-0.4, -0.2) is 24.3 Å². The van der Waals surface area contributed by atoms with E-state index in [0.29, 0.717) is 6.04 Å². The minimum Gasteiger partial charge on any atom is -0.872 e. The first-order valence-electron chi connectivity index (χ1n) is 14.0. The number of benzene rings is 1. The molecule has 2 aromatic rings. The van der Waals surface area contributed by atoms with Gasteiger partial charge in [0.1, 0.15) is 0 Å². The molecule has 204 valence electrons. The Morgan fingerprint density at radius 2 is 1.73 bits per heavy atom. The van der Waals surface area contributed by atoms with Gasteiger partial charge in [-0.2, -0.15) is 0 Å². The molecule has 2 heterocycles. The minimum absolute atomic E-state index is 0. The first kappa shape index (κ1) is 33.8. The molecule has 0 amide bonds. The van der Waals surface area contributed by atoms with Crippen molar-refractivity contribution in [2.45, 2.75) is 124 Å². The fourth-order valence-electron chi connectivity index (χ4n) is 4.32. The Labute approximate surface area is 239 Å². The summed E-state index contributed by atoms with van der Waals surface area (Å²) in [4.78, 5) is 0. The summed E-state index contributed by atoms with van der Waals surface area (Å²) in [6.07, 6.45) is 13.3. The van der Waals surface area contributed by atoms with E-state index in [4.69, 9.17) is 4.74 Å². The van der Waals surface area contributed by atoms with Crippen molar-refractivity contribution in [3.8, 4) is 5.75 Å². The zero-order valence-electron chi connectivity index (χ0n) is 25.5. The maximum atomic E-state index is 13.6. The maximum absolute atomic E-state index is 13.6. The van der Waals surface area contributed by atoms with E-state index in [0.717, 1.165) is 56.7 Å². The fraction of sp³-hybridized carbons (Fsp3) is 0.710. The Morgan fingerprint density at radius 3 is 2.19 bits per heavy atom.